The van der Waals surface area contributed by atoms with Crippen LogP contribution >= 0.6 is 17.0 Å². The molecular weight excluding hydrogens is 767 g/mol. The van der Waals surface area contributed by atoms with Gasteiger partial charge in [-0.2, -0.15) is 35.4 Å². The first-order chi connectivity index (χ1) is 25.3. The summed E-state index contributed by atoms with van der Waals surface area (Å²) in [6, 6.07) is 52.0. The van der Waals surface area contributed by atoms with E-state index in [0.29, 0.717) is 0 Å². The van der Waals surface area contributed by atoms with Crippen LogP contribution in [0.5, 0.6) is 0 Å². The van der Waals surface area contributed by atoms with Crippen molar-refractivity contribution in [1.82, 2.24) is 0 Å². The van der Waals surface area contributed by atoms with E-state index in [0.717, 1.165) is 9.52 Å². The van der Waals surface area contributed by atoms with Gasteiger partial charge in [0, 0.05) is 20.3 Å². The fraction of sp³-hybridized carbons (Fsp3) is 0.167. The van der Waals surface area contributed by atoms with Crippen molar-refractivity contribution < 1.29 is 20.8 Å². The summed E-state index contributed by atoms with van der Waals surface area (Å²) in [6.45, 7) is 13.1. The van der Waals surface area contributed by atoms with Gasteiger partial charge in [-0.15, -0.1) is 47.5 Å². The summed E-state index contributed by atoms with van der Waals surface area (Å²) in [5.74, 6) is 0. The standard InChI is InChI=1S/2C23H19.C2H6Si.2ClH.Zr/c2*1-17-9-3-6-12-20(17)23(21-13-7-4-10-18(21)2)16-15-19-11-5-8-14-22(19)23;1-3-2;;;/h2*3-14,16H,1-2H3;1-2H3;2*1H;/q2*-1;;;;+4/p-2. The third-order valence-electron chi connectivity index (χ3n) is 9.87. The van der Waals surface area contributed by atoms with Gasteiger partial charge in [0.15, 0.2) is 0 Å². The van der Waals surface area contributed by atoms with Crippen molar-refractivity contribution in [3.05, 3.63) is 237 Å². The maximum atomic E-state index is 4.93. The molecular formula is C48H44Cl2SiZr. The second-order valence-electron chi connectivity index (χ2n) is 13.1. The molecule has 0 bridgehead atoms. The van der Waals surface area contributed by atoms with Crippen molar-refractivity contribution in [3.63, 3.8) is 0 Å². The second-order valence-corrected chi connectivity index (χ2v) is 17.8. The zero-order valence-electron chi connectivity index (χ0n) is 30.8. The molecule has 0 saturated carbocycles. The third kappa shape index (κ3) is 7.88. The summed E-state index contributed by atoms with van der Waals surface area (Å²) < 4.78 is 0. The van der Waals surface area contributed by atoms with Crippen LogP contribution in [0.3, 0.4) is 0 Å². The van der Waals surface area contributed by atoms with Crippen molar-refractivity contribution in [2.45, 2.75) is 51.6 Å². The topological polar surface area (TPSA) is 0 Å². The van der Waals surface area contributed by atoms with Crippen molar-refractivity contribution in [2.24, 2.45) is 0 Å². The summed E-state index contributed by atoms with van der Waals surface area (Å²) in [6.07, 6.45) is 11.5. The molecule has 0 heterocycles. The van der Waals surface area contributed by atoms with Gasteiger partial charge in [-0.05, 0) is 72.2 Å². The van der Waals surface area contributed by atoms with E-state index in [9.17, 15) is 0 Å². The van der Waals surface area contributed by atoms with Gasteiger partial charge >= 0.3 is 37.9 Å². The van der Waals surface area contributed by atoms with Crippen LogP contribution in [-0.4, -0.2) is 9.52 Å². The molecule has 0 aliphatic heterocycles. The Morgan fingerprint density at radius 3 is 0.865 bits per heavy atom. The Kier molecular flexibility index (Phi) is 14.1. The van der Waals surface area contributed by atoms with E-state index in [-0.39, 0.29) is 10.8 Å². The predicted molar refractivity (Wildman–Crippen MR) is 220 cm³/mol. The number of allylic oxidation sites excluding steroid dienone is 2. The molecule has 0 fully saturated rings. The van der Waals surface area contributed by atoms with Gasteiger partial charge in [-0.1, -0.05) is 122 Å². The number of aryl methyl sites for hydroxylation is 4. The van der Waals surface area contributed by atoms with E-state index >= 15 is 0 Å². The molecule has 0 aromatic heterocycles. The van der Waals surface area contributed by atoms with Gasteiger partial charge in [0.25, 0.3) is 0 Å². The molecule has 2 radical (unpaired) electrons. The van der Waals surface area contributed by atoms with Gasteiger partial charge in [0.05, 0.1) is 0 Å². The molecule has 0 spiro atoms. The Bertz CT molecular complexity index is 1920. The number of halogens is 2. The molecule has 258 valence electrons. The molecule has 2 aliphatic rings. The van der Waals surface area contributed by atoms with Crippen LogP contribution < -0.4 is 0 Å². The molecule has 4 heteroatoms. The summed E-state index contributed by atoms with van der Waals surface area (Å²) in [5, 5.41) is 0. The Labute approximate surface area is 333 Å². The molecule has 6 aromatic carbocycles. The zero-order valence-corrected chi connectivity index (χ0v) is 35.7. The summed E-state index contributed by atoms with van der Waals surface area (Å²) in [7, 11) is 11.0. The normalized spacial score (nSPS) is 13.5. The molecule has 0 amide bonds. The molecule has 2 aliphatic carbocycles. The Balaban J connectivity index is 0.000000175. The fourth-order valence-electron chi connectivity index (χ4n) is 7.68. The third-order valence-corrected chi connectivity index (χ3v) is 9.87. The Morgan fingerprint density at radius 1 is 0.404 bits per heavy atom. The number of hydrogen-bond donors (Lipinski definition) is 0. The second kappa shape index (κ2) is 18.5. The van der Waals surface area contributed by atoms with Gasteiger partial charge in [-0.25, -0.2) is 0 Å². The zero-order chi connectivity index (χ0) is 37.1. The van der Waals surface area contributed by atoms with Crippen LogP contribution in [0.2, 0.25) is 13.1 Å². The minimum absolute atomic E-state index is 0.243. The maximum absolute atomic E-state index is 4.93. The summed E-state index contributed by atoms with van der Waals surface area (Å²) in [4.78, 5) is 0. The van der Waals surface area contributed by atoms with Crippen molar-refractivity contribution in [2.75, 3.05) is 0 Å². The first kappa shape index (κ1) is 39.7. The van der Waals surface area contributed by atoms with Gasteiger partial charge in [0.2, 0.25) is 0 Å². The SMILES string of the molecule is C[Si]C.Cc1ccccc1C1(c2ccccc2C)C=[C-]c2ccccc21.Cc1ccccc1C1(c2ccccc2C)C=[C-]c2ccccc21.[Cl][Zr+2][Cl]. The predicted octanol–water partition coefficient (Wildman–Crippen LogP) is 12.9. The molecule has 8 rings (SSSR count). The van der Waals surface area contributed by atoms with Gasteiger partial charge in [0.1, 0.15) is 0 Å². The van der Waals surface area contributed by atoms with Gasteiger partial charge < -0.3 is 0 Å². The van der Waals surface area contributed by atoms with Crippen LogP contribution in [-0.2, 0) is 31.7 Å². The van der Waals surface area contributed by atoms with E-state index in [1.54, 1.807) is 0 Å². The number of hydrogen-bond acceptors (Lipinski definition) is 0. The van der Waals surface area contributed by atoms with Gasteiger partial charge in [-0.3, -0.25) is 0 Å². The summed E-state index contributed by atoms with van der Waals surface area (Å²) >= 11 is -0.826. The number of benzene rings is 6. The summed E-state index contributed by atoms with van der Waals surface area (Å²) in [5.41, 5.74) is 15.1. The van der Waals surface area contributed by atoms with E-state index in [2.05, 4.69) is 211 Å². The molecule has 6 aromatic rings. The van der Waals surface area contributed by atoms with E-state index in [4.69, 9.17) is 17.0 Å². The number of rotatable bonds is 4. The molecule has 0 unspecified atom stereocenters. The van der Waals surface area contributed by atoms with Crippen LogP contribution in [0.15, 0.2) is 158 Å². The van der Waals surface area contributed by atoms with E-state index < -0.39 is 20.8 Å². The first-order valence-electron chi connectivity index (χ1n) is 17.5. The minimum atomic E-state index is -0.826. The van der Waals surface area contributed by atoms with Crippen LogP contribution in [0, 0.1) is 39.8 Å². The van der Waals surface area contributed by atoms with E-state index in [1.807, 2.05) is 0 Å². The average molecular weight is 811 g/mol. The monoisotopic (exact) mass is 808 g/mol. The Hall–Kier alpha value is -3.52. The molecule has 0 atom stereocenters. The van der Waals surface area contributed by atoms with Crippen molar-refractivity contribution in [3.8, 4) is 0 Å². The van der Waals surface area contributed by atoms with Crippen LogP contribution in [0.25, 0.3) is 0 Å². The molecule has 0 nitrogen and oxygen atoms in total. The van der Waals surface area contributed by atoms with E-state index in [1.165, 1.54) is 66.8 Å². The van der Waals surface area contributed by atoms with Crippen molar-refractivity contribution >= 4 is 26.5 Å². The number of fused-ring (bicyclic) bond motifs is 2. The first-order valence-corrected chi connectivity index (χ1v) is 25.8. The quantitative estimate of drug-likeness (QED) is 0.123. The molecule has 0 N–H and O–H groups in total. The van der Waals surface area contributed by atoms with Crippen molar-refractivity contribution in [1.29, 1.82) is 0 Å². The van der Waals surface area contributed by atoms with Crippen LogP contribution in [0.4, 0.5) is 0 Å². The fourth-order valence-corrected chi connectivity index (χ4v) is 7.68. The van der Waals surface area contributed by atoms with Crippen LogP contribution in [0.1, 0.15) is 66.8 Å². The molecule has 52 heavy (non-hydrogen) atoms. The Morgan fingerprint density at radius 2 is 0.615 bits per heavy atom. The average Bonchev–Trinajstić information content (AvgIpc) is 3.74. The molecule has 0 saturated heterocycles.